The zero-order valence-electron chi connectivity index (χ0n) is 31.1. The lowest BCUT2D eigenvalue weighted by atomic mass is 10.5. The molecule has 13 heteroatoms. The Kier molecular flexibility index (Phi) is 37.2. The monoisotopic (exact) mass is 583 g/mol. The molecule has 6 rings (SSSR count). The molecule has 0 amide bonds. The van der Waals surface area contributed by atoms with Crippen LogP contribution in [0.3, 0.4) is 0 Å². The summed E-state index contributed by atoms with van der Waals surface area (Å²) in [5.41, 5.74) is 0. The molecule has 0 saturated carbocycles. The van der Waals surface area contributed by atoms with Crippen molar-refractivity contribution in [3.8, 4) is 0 Å². The lowest BCUT2D eigenvalue weighted by Crippen LogP contribution is -1.75. The largest absolute Gasteiger partial charge is 0.265 e. The van der Waals surface area contributed by atoms with Gasteiger partial charge in [0.05, 0.1) is 6.20 Å². The molecular formula is C29H47N13. The van der Waals surface area contributed by atoms with Crippen LogP contribution in [0.2, 0.25) is 0 Å². The summed E-state index contributed by atoms with van der Waals surface area (Å²) in [5.74, 6) is 0. The molecule has 13 nitrogen and oxygen atoms in total. The SMILES string of the molecule is [2H]C.[2H]C.[2H]C.[2H]C.[2H]C.[2H]C.c1ccncc1.c1ccnnc1.c1cnccn1.c1cncnc1.c1cnncn1.c1ncncn1. The summed E-state index contributed by atoms with van der Waals surface area (Å²) in [7, 11) is 7.50. The maximum Gasteiger partial charge on any atom is 0.138 e. The first kappa shape index (κ1) is 34.4. The van der Waals surface area contributed by atoms with Gasteiger partial charge in [-0.3, -0.25) is 15.0 Å². The number of nitrogens with zero attached hydrogens (tertiary/aromatic N) is 13. The van der Waals surface area contributed by atoms with Gasteiger partial charge < -0.3 is 0 Å². The lowest BCUT2D eigenvalue weighted by molar-refractivity contribution is 0.969. The second kappa shape index (κ2) is 45.3. The van der Waals surface area contributed by atoms with Crippen LogP contribution in [0.1, 0.15) is 52.6 Å². The fourth-order valence-corrected chi connectivity index (χ4v) is 1.48. The van der Waals surface area contributed by atoms with Crippen LogP contribution in [0.15, 0.2) is 142 Å². The van der Waals surface area contributed by atoms with Crippen LogP contribution >= 0.6 is 0 Å². The summed E-state index contributed by atoms with van der Waals surface area (Å²) < 4.78 is 34.5. The number of pyridine rings is 1. The Bertz CT molecular complexity index is 740. The Balaban J connectivity index is -0.000000104. The van der Waals surface area contributed by atoms with Crippen molar-refractivity contribution in [2.75, 3.05) is 0 Å². The Morgan fingerprint density at radius 2 is 0.571 bits per heavy atom. The molecule has 0 unspecified atom stereocenters. The first-order chi connectivity index (χ1) is 24.0. The third kappa shape index (κ3) is 41.5. The molecule has 0 radical (unpaired) electrons. The molecule has 6 aromatic rings. The van der Waals surface area contributed by atoms with E-state index in [0.29, 0.717) is 0 Å². The van der Waals surface area contributed by atoms with Crippen molar-refractivity contribution in [2.24, 2.45) is 0 Å². The molecule has 0 bridgehead atoms. The normalized spacial score (nSPS) is 7.86. The van der Waals surface area contributed by atoms with Gasteiger partial charge in [-0.15, -0.1) is 5.10 Å². The van der Waals surface area contributed by atoms with E-state index in [0.717, 1.165) is 0 Å². The molecule has 0 aliphatic carbocycles. The molecule has 0 N–H and O–H groups in total. The molecule has 6 heterocycles. The maximum absolute atomic E-state index is 5.75. The van der Waals surface area contributed by atoms with Gasteiger partial charge in [-0.2, -0.15) is 15.3 Å². The van der Waals surface area contributed by atoms with E-state index in [1.807, 2.05) is 30.3 Å². The summed E-state index contributed by atoms with van der Waals surface area (Å²) in [6.07, 6.45) is 27.0. The molecule has 6 aromatic heterocycles. The van der Waals surface area contributed by atoms with Crippen molar-refractivity contribution >= 4 is 0 Å². The first-order valence-corrected chi connectivity index (χ1v) is 10.1. The highest BCUT2D eigenvalue weighted by Crippen LogP contribution is 1.74. The Morgan fingerprint density at radius 3 is 0.714 bits per heavy atom. The Morgan fingerprint density at radius 1 is 0.238 bits per heavy atom. The summed E-state index contributed by atoms with van der Waals surface area (Å²) >= 11 is 0. The van der Waals surface area contributed by atoms with Gasteiger partial charge >= 0.3 is 0 Å². The Hall–Kier alpha value is -5.59. The van der Waals surface area contributed by atoms with Crippen molar-refractivity contribution in [2.45, 2.75) is 44.4 Å². The van der Waals surface area contributed by atoms with E-state index < -0.39 is 0 Å². The molecule has 0 aliphatic rings. The summed E-state index contributed by atoms with van der Waals surface area (Å²) in [5, 5.41) is 14.0. The lowest BCUT2D eigenvalue weighted by Gasteiger charge is -1.70. The van der Waals surface area contributed by atoms with E-state index in [1.54, 1.807) is 74.2 Å². The smallest absolute Gasteiger partial charge is 0.138 e. The fourth-order valence-electron chi connectivity index (χ4n) is 1.48. The second-order valence-corrected chi connectivity index (χ2v) is 5.32. The second-order valence-electron chi connectivity index (χ2n) is 5.32. The van der Waals surface area contributed by atoms with Crippen LogP contribution < -0.4 is 0 Å². The van der Waals surface area contributed by atoms with E-state index in [-0.39, 0.29) is 0 Å². The molecule has 0 fully saturated rings. The van der Waals surface area contributed by atoms with Crippen LogP contribution in [0, 0.1) is 0 Å². The minimum absolute atomic E-state index is 1.25. The van der Waals surface area contributed by atoms with Crippen LogP contribution in [0.25, 0.3) is 0 Å². The number of hydrogen-bond acceptors (Lipinski definition) is 13. The highest BCUT2D eigenvalue weighted by atomic mass is 15.1. The van der Waals surface area contributed by atoms with Gasteiger partial charge in [0.15, 0.2) is 0 Å². The topological polar surface area (TPSA) is 168 Å². The minimum Gasteiger partial charge on any atom is -0.265 e. The molecule has 0 atom stereocenters. The summed E-state index contributed by atoms with van der Waals surface area (Å²) in [6.45, 7) is 0. The zero-order chi connectivity index (χ0) is 37.5. The third-order valence-electron chi connectivity index (χ3n) is 2.81. The molecule has 0 aliphatic heterocycles. The number of aromatic nitrogens is 13. The number of rotatable bonds is 0. The van der Waals surface area contributed by atoms with Crippen molar-refractivity contribution in [3.05, 3.63) is 142 Å². The highest BCUT2D eigenvalue weighted by molar-refractivity contribution is 4.88. The first-order valence-electron chi connectivity index (χ1n) is 16.1. The van der Waals surface area contributed by atoms with Crippen LogP contribution in [0.5, 0.6) is 0 Å². The van der Waals surface area contributed by atoms with Crippen LogP contribution in [0.4, 0.5) is 0 Å². The quantitative estimate of drug-likeness (QED) is 0.202. The molecule has 0 aromatic carbocycles. The van der Waals surface area contributed by atoms with Gasteiger partial charge in [0, 0.05) is 76.4 Å². The van der Waals surface area contributed by atoms with Crippen molar-refractivity contribution in [1.82, 2.24) is 65.3 Å². The maximum atomic E-state index is 5.75. The van der Waals surface area contributed by atoms with E-state index >= 15 is 0 Å². The standard InChI is InChI=1S/C5H5N.3C4H4N2.2C3H3N3.6CH4/c1-2-4-6-5-3-1;1-2-6-4-3-5-1;1-2-5-4-6-3-1;1-2-4-6-5-3-1;1-4-2-6-3-5-1;1-2-5-6-3-4-1;;;;;;/h1-5H;3*1-4H;2*1-3H;6*1H4/i;;;;;;6*1D. The third-order valence-corrected chi connectivity index (χ3v) is 2.81. The van der Waals surface area contributed by atoms with Crippen molar-refractivity contribution in [3.63, 3.8) is 0 Å². The van der Waals surface area contributed by atoms with E-state index in [9.17, 15) is 0 Å². The van der Waals surface area contributed by atoms with E-state index in [4.69, 9.17) is 8.22 Å². The highest BCUT2D eigenvalue weighted by Gasteiger charge is 1.62. The van der Waals surface area contributed by atoms with Gasteiger partial charge in [-0.1, -0.05) is 50.5 Å². The predicted molar refractivity (Wildman–Crippen MR) is 170 cm³/mol. The number of hydrogen-bond donors (Lipinski definition) is 0. The molecule has 0 saturated heterocycles. The van der Waals surface area contributed by atoms with Crippen LogP contribution in [-0.2, 0) is 0 Å². The van der Waals surface area contributed by atoms with Gasteiger partial charge in [-0.25, -0.2) is 29.9 Å². The van der Waals surface area contributed by atoms with Crippen molar-refractivity contribution < 1.29 is 8.22 Å². The van der Waals surface area contributed by atoms with Gasteiger partial charge in [0.2, 0.25) is 0 Å². The molecular weight excluding hydrogens is 530 g/mol. The fraction of sp³-hybridized carbons (Fsp3) is 0.207. The molecule has 0 spiro atoms. The molecule has 42 heavy (non-hydrogen) atoms. The minimum atomic E-state index is 1.25. The van der Waals surface area contributed by atoms with Gasteiger partial charge in [0.1, 0.15) is 31.6 Å². The van der Waals surface area contributed by atoms with E-state index in [2.05, 4.69) is 65.3 Å². The Labute approximate surface area is 260 Å². The zero-order valence-corrected chi connectivity index (χ0v) is 25.1. The van der Waals surface area contributed by atoms with Crippen LogP contribution in [-0.4, -0.2) is 65.3 Å². The summed E-state index contributed by atoms with van der Waals surface area (Å²) in [6, 6.07) is 11.1. The summed E-state index contributed by atoms with van der Waals surface area (Å²) in [4.78, 5) is 32.9. The predicted octanol–water partition coefficient (Wildman–Crippen LogP) is 6.07. The average molecular weight is 584 g/mol. The van der Waals surface area contributed by atoms with Gasteiger partial charge in [-0.05, 0) is 30.3 Å². The molecule has 228 valence electrons. The average Bonchev–Trinajstić information content (AvgIpc) is 3.27. The van der Waals surface area contributed by atoms with Crippen molar-refractivity contribution in [1.29, 1.82) is 0 Å². The van der Waals surface area contributed by atoms with E-state index in [1.165, 1.54) is 82.2 Å². The van der Waals surface area contributed by atoms with Gasteiger partial charge in [0.25, 0.3) is 0 Å².